The minimum atomic E-state index is -0.240. The standard InChI is InChI=1S/C15H24ClNO4/c1-5-20-14(21-6-2)10-17-9-11-7-12(16)15(19-4)13(8-11)18-3/h7-8,14,17H,5-6,9-10H2,1-4H3. The van der Waals surface area contributed by atoms with Gasteiger partial charge in [0.15, 0.2) is 17.8 Å². The number of ether oxygens (including phenoxy) is 4. The fourth-order valence-corrected chi connectivity index (χ4v) is 2.26. The lowest BCUT2D eigenvalue weighted by Crippen LogP contribution is -2.31. The molecule has 120 valence electrons. The summed E-state index contributed by atoms with van der Waals surface area (Å²) in [6.07, 6.45) is -0.240. The molecule has 0 saturated heterocycles. The van der Waals surface area contributed by atoms with E-state index in [0.29, 0.717) is 42.8 Å². The molecule has 0 aliphatic carbocycles. The van der Waals surface area contributed by atoms with Gasteiger partial charge in [-0.05, 0) is 31.5 Å². The first-order valence-electron chi connectivity index (χ1n) is 7.00. The van der Waals surface area contributed by atoms with Gasteiger partial charge in [-0.25, -0.2) is 0 Å². The Labute approximate surface area is 131 Å². The van der Waals surface area contributed by atoms with E-state index < -0.39 is 0 Å². The molecule has 6 heteroatoms. The summed E-state index contributed by atoms with van der Waals surface area (Å²) in [7, 11) is 3.15. The van der Waals surface area contributed by atoms with E-state index in [1.807, 2.05) is 26.0 Å². The molecule has 0 aliphatic rings. The molecule has 0 radical (unpaired) electrons. The van der Waals surface area contributed by atoms with Crippen LogP contribution in [0.4, 0.5) is 0 Å². The van der Waals surface area contributed by atoms with Gasteiger partial charge in [-0.1, -0.05) is 11.6 Å². The van der Waals surface area contributed by atoms with Crippen LogP contribution >= 0.6 is 11.6 Å². The van der Waals surface area contributed by atoms with Crippen LogP contribution in [0, 0.1) is 0 Å². The van der Waals surface area contributed by atoms with E-state index >= 15 is 0 Å². The molecular weight excluding hydrogens is 294 g/mol. The Morgan fingerprint density at radius 3 is 2.29 bits per heavy atom. The number of methoxy groups -OCH3 is 2. The molecule has 0 saturated carbocycles. The summed E-state index contributed by atoms with van der Waals surface area (Å²) >= 11 is 6.17. The minimum absolute atomic E-state index is 0.240. The van der Waals surface area contributed by atoms with Crippen LogP contribution in [-0.4, -0.2) is 40.3 Å². The molecule has 21 heavy (non-hydrogen) atoms. The smallest absolute Gasteiger partial charge is 0.179 e. The fraction of sp³-hybridized carbons (Fsp3) is 0.600. The number of hydrogen-bond donors (Lipinski definition) is 1. The number of halogens is 1. The van der Waals surface area contributed by atoms with Gasteiger partial charge in [-0.2, -0.15) is 0 Å². The summed E-state index contributed by atoms with van der Waals surface area (Å²) in [5.41, 5.74) is 1.00. The van der Waals surface area contributed by atoms with Crippen LogP contribution in [0.5, 0.6) is 11.5 Å². The predicted octanol–water partition coefficient (Wildman–Crippen LogP) is 2.85. The molecule has 1 rings (SSSR count). The Balaban J connectivity index is 2.60. The highest BCUT2D eigenvalue weighted by Gasteiger charge is 2.12. The van der Waals surface area contributed by atoms with E-state index in [9.17, 15) is 0 Å². The second-order valence-electron chi connectivity index (χ2n) is 4.28. The van der Waals surface area contributed by atoms with Crippen LogP contribution in [0.15, 0.2) is 12.1 Å². The van der Waals surface area contributed by atoms with Gasteiger partial charge < -0.3 is 24.3 Å². The zero-order chi connectivity index (χ0) is 15.7. The Bertz CT molecular complexity index is 422. The first kappa shape index (κ1) is 18.0. The Kier molecular flexibility index (Phi) is 8.45. The third-order valence-corrected chi connectivity index (χ3v) is 3.12. The molecule has 1 aromatic rings. The van der Waals surface area contributed by atoms with Crippen molar-refractivity contribution >= 4 is 11.6 Å². The van der Waals surface area contributed by atoms with Crippen molar-refractivity contribution in [1.82, 2.24) is 5.32 Å². The molecule has 1 aromatic carbocycles. The Hall–Kier alpha value is -1.01. The first-order valence-corrected chi connectivity index (χ1v) is 7.38. The van der Waals surface area contributed by atoms with Crippen molar-refractivity contribution in [1.29, 1.82) is 0 Å². The summed E-state index contributed by atoms with van der Waals surface area (Å²) in [5, 5.41) is 3.81. The predicted molar refractivity (Wildman–Crippen MR) is 83.3 cm³/mol. The third kappa shape index (κ3) is 5.71. The maximum Gasteiger partial charge on any atom is 0.179 e. The first-order chi connectivity index (χ1) is 10.2. The fourth-order valence-electron chi connectivity index (χ4n) is 1.95. The molecule has 0 aromatic heterocycles. The van der Waals surface area contributed by atoms with E-state index in [2.05, 4.69) is 5.32 Å². The second kappa shape index (κ2) is 9.84. The second-order valence-corrected chi connectivity index (χ2v) is 4.69. The van der Waals surface area contributed by atoms with E-state index in [-0.39, 0.29) is 6.29 Å². The average molecular weight is 318 g/mol. The summed E-state index contributed by atoms with van der Waals surface area (Å²) in [5.74, 6) is 1.16. The van der Waals surface area contributed by atoms with E-state index in [4.69, 9.17) is 30.5 Å². The monoisotopic (exact) mass is 317 g/mol. The van der Waals surface area contributed by atoms with Crippen molar-refractivity contribution in [3.63, 3.8) is 0 Å². The van der Waals surface area contributed by atoms with Crippen molar-refractivity contribution in [2.45, 2.75) is 26.7 Å². The SMILES string of the molecule is CCOC(CNCc1cc(Cl)c(OC)c(OC)c1)OCC. The number of rotatable bonds is 10. The van der Waals surface area contributed by atoms with Crippen molar-refractivity contribution in [2.24, 2.45) is 0 Å². The van der Waals surface area contributed by atoms with Gasteiger partial charge in [-0.3, -0.25) is 0 Å². The maximum absolute atomic E-state index is 6.17. The zero-order valence-electron chi connectivity index (χ0n) is 13.1. The molecule has 5 nitrogen and oxygen atoms in total. The normalized spacial score (nSPS) is 11.0. The minimum Gasteiger partial charge on any atom is -0.493 e. The molecular formula is C15H24ClNO4. The van der Waals surface area contributed by atoms with Crippen LogP contribution in [0.2, 0.25) is 5.02 Å². The molecule has 0 aliphatic heterocycles. The van der Waals surface area contributed by atoms with Crippen LogP contribution < -0.4 is 14.8 Å². The average Bonchev–Trinajstić information content (AvgIpc) is 2.47. The van der Waals surface area contributed by atoms with E-state index in [1.54, 1.807) is 14.2 Å². The molecule has 0 amide bonds. The van der Waals surface area contributed by atoms with Crippen LogP contribution in [-0.2, 0) is 16.0 Å². The zero-order valence-corrected chi connectivity index (χ0v) is 13.8. The third-order valence-electron chi connectivity index (χ3n) is 2.84. The highest BCUT2D eigenvalue weighted by atomic mass is 35.5. The molecule has 0 bridgehead atoms. The molecule has 0 fully saturated rings. The molecule has 0 heterocycles. The van der Waals surface area contributed by atoms with Gasteiger partial charge in [0, 0.05) is 26.3 Å². The summed E-state index contributed by atoms with van der Waals surface area (Å²) in [6.45, 7) is 6.37. The quantitative estimate of drug-likeness (QED) is 0.672. The topological polar surface area (TPSA) is 49.0 Å². The van der Waals surface area contributed by atoms with Gasteiger partial charge in [0.1, 0.15) is 0 Å². The molecule has 0 spiro atoms. The number of nitrogens with one attached hydrogen (secondary N) is 1. The van der Waals surface area contributed by atoms with Gasteiger partial charge in [0.2, 0.25) is 0 Å². The Morgan fingerprint density at radius 1 is 1.10 bits per heavy atom. The summed E-state index contributed by atoms with van der Waals surface area (Å²) in [6, 6.07) is 3.75. The van der Waals surface area contributed by atoms with Crippen LogP contribution in [0.25, 0.3) is 0 Å². The van der Waals surface area contributed by atoms with Crippen molar-refractivity contribution in [2.75, 3.05) is 34.0 Å². The molecule has 0 atom stereocenters. The maximum atomic E-state index is 6.17. The summed E-state index contributed by atoms with van der Waals surface area (Å²) in [4.78, 5) is 0. The van der Waals surface area contributed by atoms with Gasteiger partial charge in [-0.15, -0.1) is 0 Å². The summed E-state index contributed by atoms with van der Waals surface area (Å²) < 4.78 is 21.4. The van der Waals surface area contributed by atoms with Crippen molar-refractivity contribution in [3.8, 4) is 11.5 Å². The lowest BCUT2D eigenvalue weighted by atomic mass is 10.2. The molecule has 0 unspecified atom stereocenters. The van der Waals surface area contributed by atoms with Gasteiger partial charge >= 0.3 is 0 Å². The van der Waals surface area contributed by atoms with Gasteiger partial charge in [0.05, 0.1) is 19.2 Å². The highest BCUT2D eigenvalue weighted by molar-refractivity contribution is 6.32. The number of benzene rings is 1. The van der Waals surface area contributed by atoms with Crippen LogP contribution in [0.1, 0.15) is 19.4 Å². The highest BCUT2D eigenvalue weighted by Crippen LogP contribution is 2.35. The molecule has 1 N–H and O–H groups in total. The lowest BCUT2D eigenvalue weighted by Gasteiger charge is -2.18. The van der Waals surface area contributed by atoms with E-state index in [1.165, 1.54) is 0 Å². The van der Waals surface area contributed by atoms with Crippen molar-refractivity contribution < 1.29 is 18.9 Å². The Morgan fingerprint density at radius 2 is 1.76 bits per heavy atom. The van der Waals surface area contributed by atoms with Crippen molar-refractivity contribution in [3.05, 3.63) is 22.7 Å². The van der Waals surface area contributed by atoms with E-state index in [0.717, 1.165) is 5.56 Å². The lowest BCUT2D eigenvalue weighted by molar-refractivity contribution is -0.133. The van der Waals surface area contributed by atoms with Gasteiger partial charge in [0.25, 0.3) is 0 Å². The van der Waals surface area contributed by atoms with Crippen LogP contribution in [0.3, 0.4) is 0 Å². The largest absolute Gasteiger partial charge is 0.493 e. The number of hydrogen-bond acceptors (Lipinski definition) is 5.